The smallest absolute Gasteiger partial charge is 0.150 e. The van der Waals surface area contributed by atoms with Crippen LogP contribution in [0.1, 0.15) is 31.7 Å². The summed E-state index contributed by atoms with van der Waals surface area (Å²) >= 11 is 0. The van der Waals surface area contributed by atoms with E-state index in [1.54, 1.807) is 13.0 Å². The Bertz CT molecular complexity index is 570. The third kappa shape index (κ3) is 6.01. The van der Waals surface area contributed by atoms with Crippen molar-refractivity contribution in [1.82, 2.24) is 5.32 Å². The molecule has 0 spiro atoms. The summed E-state index contributed by atoms with van der Waals surface area (Å²) in [5, 5.41) is 3.32. The zero-order valence-corrected chi connectivity index (χ0v) is 13.1. The van der Waals surface area contributed by atoms with Gasteiger partial charge in [-0.1, -0.05) is 6.92 Å². The molecule has 118 valence electrons. The van der Waals surface area contributed by atoms with Crippen molar-refractivity contribution >= 4 is 9.84 Å². The first-order valence-corrected chi connectivity index (χ1v) is 9.17. The van der Waals surface area contributed by atoms with Crippen LogP contribution in [0.2, 0.25) is 0 Å². The Morgan fingerprint density at radius 2 is 2.10 bits per heavy atom. The van der Waals surface area contributed by atoms with Gasteiger partial charge >= 0.3 is 0 Å². The van der Waals surface area contributed by atoms with Gasteiger partial charge in [0.15, 0.2) is 0 Å². The molecule has 6 heteroatoms. The molecule has 21 heavy (non-hydrogen) atoms. The van der Waals surface area contributed by atoms with Gasteiger partial charge in [-0.3, -0.25) is 0 Å². The maximum absolute atomic E-state index is 13.5. The molecule has 1 aliphatic rings. The minimum Gasteiger partial charge on any atom is -0.493 e. The van der Waals surface area contributed by atoms with E-state index in [2.05, 4.69) is 5.32 Å². The van der Waals surface area contributed by atoms with Crippen LogP contribution in [0.4, 0.5) is 4.39 Å². The van der Waals surface area contributed by atoms with Crippen molar-refractivity contribution in [1.29, 1.82) is 0 Å². The van der Waals surface area contributed by atoms with Crippen LogP contribution in [0.5, 0.6) is 5.75 Å². The molecule has 0 atom stereocenters. The molecule has 0 unspecified atom stereocenters. The topological polar surface area (TPSA) is 55.4 Å². The summed E-state index contributed by atoms with van der Waals surface area (Å²) in [6.45, 7) is 2.53. The van der Waals surface area contributed by atoms with Crippen molar-refractivity contribution in [3.8, 4) is 5.75 Å². The lowest BCUT2D eigenvalue weighted by Gasteiger charge is -2.09. The molecule has 0 aliphatic heterocycles. The van der Waals surface area contributed by atoms with Crippen LogP contribution < -0.4 is 10.1 Å². The fraction of sp³-hybridized carbons (Fsp3) is 0.600. The SMILES string of the molecule is CCS(=O)(=O)CCCOc1cc(F)cc(CNC2CC2)c1. The van der Waals surface area contributed by atoms with E-state index in [0.717, 1.165) is 5.56 Å². The molecule has 0 aromatic heterocycles. The van der Waals surface area contributed by atoms with Gasteiger partial charge in [-0.05, 0) is 37.0 Å². The number of benzene rings is 1. The maximum atomic E-state index is 13.5. The molecule has 1 aliphatic carbocycles. The normalized spacial score (nSPS) is 15.1. The van der Waals surface area contributed by atoms with Crippen LogP contribution >= 0.6 is 0 Å². The standard InChI is InChI=1S/C15H22FNO3S/c1-2-21(18,19)7-3-6-20-15-9-12(8-13(16)10-15)11-17-14-4-5-14/h8-10,14,17H,2-7,11H2,1H3. The number of nitrogens with one attached hydrogen (secondary N) is 1. The average molecular weight is 315 g/mol. The highest BCUT2D eigenvalue weighted by Gasteiger charge is 2.20. The van der Waals surface area contributed by atoms with Crippen molar-refractivity contribution < 1.29 is 17.5 Å². The van der Waals surface area contributed by atoms with Crippen molar-refractivity contribution in [3.05, 3.63) is 29.6 Å². The highest BCUT2D eigenvalue weighted by atomic mass is 32.2. The fourth-order valence-electron chi connectivity index (χ4n) is 1.97. The summed E-state index contributed by atoms with van der Waals surface area (Å²) in [4.78, 5) is 0. The summed E-state index contributed by atoms with van der Waals surface area (Å²) in [6, 6.07) is 5.18. The lowest BCUT2D eigenvalue weighted by atomic mass is 10.2. The highest BCUT2D eigenvalue weighted by molar-refractivity contribution is 7.91. The molecule has 1 aromatic carbocycles. The molecule has 0 heterocycles. The fourth-order valence-corrected chi connectivity index (χ4v) is 2.82. The number of sulfone groups is 1. The van der Waals surface area contributed by atoms with Gasteiger partial charge in [-0.15, -0.1) is 0 Å². The number of halogens is 1. The Hall–Kier alpha value is -1.14. The summed E-state index contributed by atoms with van der Waals surface area (Å²) in [6.07, 6.45) is 2.79. The van der Waals surface area contributed by atoms with Crippen LogP contribution in [0, 0.1) is 5.82 Å². The molecule has 1 saturated carbocycles. The summed E-state index contributed by atoms with van der Waals surface area (Å²) in [5.74, 6) is 0.372. The Kier molecular flexibility index (Phi) is 5.58. The number of ether oxygens (including phenoxy) is 1. The van der Waals surface area contributed by atoms with Gasteiger partial charge in [0.05, 0.1) is 12.4 Å². The van der Waals surface area contributed by atoms with Gasteiger partial charge in [-0.2, -0.15) is 0 Å². The lowest BCUT2D eigenvalue weighted by molar-refractivity contribution is 0.315. The summed E-state index contributed by atoms with van der Waals surface area (Å²) < 4.78 is 41.7. The third-order valence-electron chi connectivity index (χ3n) is 3.41. The lowest BCUT2D eigenvalue weighted by Crippen LogP contribution is -2.15. The van der Waals surface area contributed by atoms with E-state index < -0.39 is 9.84 Å². The molecule has 2 rings (SSSR count). The van der Waals surface area contributed by atoms with Crippen LogP contribution in [0.15, 0.2) is 18.2 Å². The zero-order valence-electron chi connectivity index (χ0n) is 12.3. The zero-order chi connectivity index (χ0) is 15.3. The van der Waals surface area contributed by atoms with Gasteiger partial charge in [0.2, 0.25) is 0 Å². The first-order valence-electron chi connectivity index (χ1n) is 7.34. The molecular weight excluding hydrogens is 293 g/mol. The molecule has 0 amide bonds. The monoisotopic (exact) mass is 315 g/mol. The number of hydrogen-bond acceptors (Lipinski definition) is 4. The highest BCUT2D eigenvalue weighted by Crippen LogP contribution is 2.21. The van der Waals surface area contributed by atoms with Crippen LogP contribution in [0.3, 0.4) is 0 Å². The first kappa shape index (κ1) is 16.2. The van der Waals surface area contributed by atoms with Crippen molar-refractivity contribution in [2.45, 2.75) is 38.8 Å². The van der Waals surface area contributed by atoms with Gasteiger partial charge in [0, 0.05) is 24.4 Å². The van der Waals surface area contributed by atoms with Gasteiger partial charge in [0.25, 0.3) is 0 Å². The predicted molar refractivity (Wildman–Crippen MR) is 80.7 cm³/mol. The van der Waals surface area contributed by atoms with E-state index in [0.29, 0.717) is 24.8 Å². The molecule has 4 nitrogen and oxygen atoms in total. The van der Waals surface area contributed by atoms with E-state index in [1.807, 2.05) is 0 Å². The second kappa shape index (κ2) is 7.22. The Morgan fingerprint density at radius 1 is 1.33 bits per heavy atom. The minimum absolute atomic E-state index is 0.106. The van der Waals surface area contributed by atoms with E-state index in [1.165, 1.54) is 25.0 Å². The minimum atomic E-state index is -2.97. The van der Waals surface area contributed by atoms with Crippen molar-refractivity contribution in [2.75, 3.05) is 18.1 Å². The Balaban J connectivity index is 1.81. The Morgan fingerprint density at radius 3 is 2.76 bits per heavy atom. The van der Waals surface area contributed by atoms with E-state index in [-0.39, 0.29) is 23.9 Å². The second-order valence-corrected chi connectivity index (χ2v) is 7.86. The second-order valence-electron chi connectivity index (χ2n) is 5.39. The molecule has 1 fully saturated rings. The first-order chi connectivity index (χ1) is 9.98. The van der Waals surface area contributed by atoms with Crippen LogP contribution in [0.25, 0.3) is 0 Å². The van der Waals surface area contributed by atoms with Gasteiger partial charge < -0.3 is 10.1 Å². The molecule has 1 aromatic rings. The molecule has 0 bridgehead atoms. The average Bonchev–Trinajstić information content (AvgIpc) is 3.25. The summed E-state index contributed by atoms with van der Waals surface area (Å²) in [5.41, 5.74) is 0.845. The molecule has 0 saturated heterocycles. The largest absolute Gasteiger partial charge is 0.493 e. The Labute approximate surface area is 125 Å². The van der Waals surface area contributed by atoms with E-state index in [4.69, 9.17) is 4.74 Å². The van der Waals surface area contributed by atoms with E-state index >= 15 is 0 Å². The van der Waals surface area contributed by atoms with Crippen LogP contribution in [-0.2, 0) is 16.4 Å². The van der Waals surface area contributed by atoms with Crippen molar-refractivity contribution in [3.63, 3.8) is 0 Å². The molecule has 1 N–H and O–H groups in total. The summed E-state index contributed by atoms with van der Waals surface area (Å²) in [7, 11) is -2.97. The van der Waals surface area contributed by atoms with E-state index in [9.17, 15) is 12.8 Å². The van der Waals surface area contributed by atoms with Gasteiger partial charge in [-0.25, -0.2) is 12.8 Å². The maximum Gasteiger partial charge on any atom is 0.150 e. The molecular formula is C15H22FNO3S. The third-order valence-corrected chi connectivity index (χ3v) is 5.20. The van der Waals surface area contributed by atoms with Crippen molar-refractivity contribution in [2.24, 2.45) is 0 Å². The number of rotatable bonds is 9. The number of hydrogen-bond donors (Lipinski definition) is 1. The quantitative estimate of drug-likeness (QED) is 0.710. The molecule has 0 radical (unpaired) electrons. The van der Waals surface area contributed by atoms with Gasteiger partial charge in [0.1, 0.15) is 21.4 Å². The predicted octanol–water partition coefficient (Wildman–Crippen LogP) is 2.28. The van der Waals surface area contributed by atoms with Crippen LogP contribution in [-0.4, -0.2) is 32.6 Å².